The summed E-state index contributed by atoms with van der Waals surface area (Å²) in [5.74, 6) is 1.74. The van der Waals surface area contributed by atoms with Gasteiger partial charge in [-0.05, 0) is 25.0 Å². The summed E-state index contributed by atoms with van der Waals surface area (Å²) in [5.41, 5.74) is 1.51. The minimum atomic E-state index is -0.589. The van der Waals surface area contributed by atoms with Gasteiger partial charge in [-0.3, -0.25) is 4.57 Å². The third-order valence-electron chi connectivity index (χ3n) is 4.97. The number of benzene rings is 1. The molecule has 10 heteroatoms. The molecule has 6 rings (SSSR count). The van der Waals surface area contributed by atoms with Gasteiger partial charge in [0.2, 0.25) is 5.82 Å². The van der Waals surface area contributed by atoms with Gasteiger partial charge in [0.15, 0.2) is 11.7 Å². The van der Waals surface area contributed by atoms with Crippen LogP contribution in [-0.2, 0) is 4.74 Å². The third-order valence-corrected chi connectivity index (χ3v) is 4.97. The van der Waals surface area contributed by atoms with Crippen LogP contribution in [0.3, 0.4) is 0 Å². The Morgan fingerprint density at radius 2 is 2.15 bits per heavy atom. The van der Waals surface area contributed by atoms with Crippen LogP contribution in [0.25, 0.3) is 5.69 Å². The number of amidine groups is 1. The second-order valence-corrected chi connectivity index (χ2v) is 6.51. The van der Waals surface area contributed by atoms with Crippen molar-refractivity contribution in [2.75, 3.05) is 23.3 Å². The second-order valence-electron chi connectivity index (χ2n) is 6.51. The molecule has 136 valence electrons. The van der Waals surface area contributed by atoms with Crippen molar-refractivity contribution < 1.29 is 13.7 Å². The van der Waals surface area contributed by atoms with E-state index in [0.717, 1.165) is 18.4 Å². The summed E-state index contributed by atoms with van der Waals surface area (Å²) < 4.78 is 26.9. The number of rotatable bonds is 2. The van der Waals surface area contributed by atoms with Crippen LogP contribution in [0.15, 0.2) is 40.0 Å². The highest BCUT2D eigenvalue weighted by Crippen LogP contribution is 2.37. The molecule has 0 spiro atoms. The van der Waals surface area contributed by atoms with Crippen molar-refractivity contribution >= 4 is 17.7 Å². The number of ether oxygens (including phenoxy) is 1. The third kappa shape index (κ3) is 2.01. The maximum atomic E-state index is 14.4. The van der Waals surface area contributed by atoms with Gasteiger partial charge in [0, 0.05) is 12.2 Å². The van der Waals surface area contributed by atoms with E-state index in [2.05, 4.69) is 20.1 Å². The molecule has 0 aliphatic carbocycles. The highest BCUT2D eigenvalue weighted by molar-refractivity contribution is 6.16. The predicted molar refractivity (Wildman–Crippen MR) is 92.1 cm³/mol. The van der Waals surface area contributed by atoms with Gasteiger partial charge in [0.25, 0.3) is 6.08 Å². The van der Waals surface area contributed by atoms with E-state index in [0.29, 0.717) is 29.8 Å². The van der Waals surface area contributed by atoms with Gasteiger partial charge in [-0.15, -0.1) is 0 Å². The number of aromatic nitrogens is 4. The fourth-order valence-electron chi connectivity index (χ4n) is 3.75. The van der Waals surface area contributed by atoms with Crippen molar-refractivity contribution in [3.63, 3.8) is 0 Å². The second kappa shape index (κ2) is 5.36. The smallest absolute Gasteiger partial charge is 0.345 e. The lowest BCUT2D eigenvalue weighted by Crippen LogP contribution is -2.45. The zero-order valence-corrected chi connectivity index (χ0v) is 14.1. The topological polar surface area (TPSA) is 84.8 Å². The minimum absolute atomic E-state index is 0.143. The Morgan fingerprint density at radius 3 is 3.04 bits per heavy atom. The maximum absolute atomic E-state index is 14.4. The van der Waals surface area contributed by atoms with Crippen molar-refractivity contribution in [3.05, 3.63) is 47.9 Å². The molecule has 9 nitrogen and oxygen atoms in total. The highest BCUT2D eigenvalue weighted by atomic mass is 19.1. The van der Waals surface area contributed by atoms with Gasteiger partial charge >= 0.3 is 6.01 Å². The van der Waals surface area contributed by atoms with Crippen LogP contribution in [0.1, 0.15) is 30.3 Å². The first-order valence-corrected chi connectivity index (χ1v) is 8.71. The SMILES string of the molecule is Fc1ncc2n1-c1ccccc1C1=NCN(c3nc(C4CCCO4)no3)N12. The molecule has 3 aliphatic rings. The van der Waals surface area contributed by atoms with Gasteiger partial charge in [0.05, 0.1) is 11.9 Å². The molecule has 1 fully saturated rings. The first kappa shape index (κ1) is 14.9. The molecule has 5 heterocycles. The molecule has 1 aromatic carbocycles. The van der Waals surface area contributed by atoms with Crippen molar-refractivity contribution in [2.24, 2.45) is 4.99 Å². The van der Waals surface area contributed by atoms with Crippen LogP contribution in [0.5, 0.6) is 0 Å². The molecule has 1 saturated heterocycles. The number of nitrogens with zero attached hydrogens (tertiary/aromatic N) is 7. The highest BCUT2D eigenvalue weighted by Gasteiger charge is 2.40. The molecule has 27 heavy (non-hydrogen) atoms. The van der Waals surface area contributed by atoms with E-state index in [1.807, 2.05) is 24.3 Å². The molecule has 3 aromatic rings. The van der Waals surface area contributed by atoms with E-state index in [1.54, 1.807) is 10.0 Å². The quantitative estimate of drug-likeness (QED) is 0.686. The molecule has 0 amide bonds. The van der Waals surface area contributed by atoms with E-state index >= 15 is 0 Å². The summed E-state index contributed by atoms with van der Waals surface area (Å²) >= 11 is 0. The predicted octanol–water partition coefficient (Wildman–Crippen LogP) is 2.21. The molecule has 1 atom stereocenters. The normalized spacial score (nSPS) is 20.5. The molecule has 2 aromatic heterocycles. The molecule has 1 unspecified atom stereocenters. The Balaban J connectivity index is 1.44. The fraction of sp³-hybridized carbons (Fsp3) is 0.294. The number of anilines is 2. The number of para-hydroxylation sites is 1. The average Bonchev–Trinajstić information content (AvgIpc) is 3.46. The van der Waals surface area contributed by atoms with Crippen molar-refractivity contribution in [3.8, 4) is 5.69 Å². The largest absolute Gasteiger partial charge is 0.370 e. The molecule has 0 N–H and O–H groups in total. The number of aliphatic imine (C=N–C) groups is 1. The van der Waals surface area contributed by atoms with Crippen LogP contribution in [-0.4, -0.2) is 38.8 Å². The molecule has 0 bridgehead atoms. The van der Waals surface area contributed by atoms with Gasteiger partial charge in [-0.25, -0.2) is 20.0 Å². The van der Waals surface area contributed by atoms with Crippen LogP contribution in [0.2, 0.25) is 0 Å². The summed E-state index contributed by atoms with van der Waals surface area (Å²) in [6, 6.07) is 7.78. The number of fused-ring (bicyclic) bond motifs is 6. The molecule has 0 saturated carbocycles. The molecule has 3 aliphatic heterocycles. The van der Waals surface area contributed by atoms with E-state index in [9.17, 15) is 4.39 Å². The van der Waals surface area contributed by atoms with E-state index < -0.39 is 6.08 Å². The van der Waals surface area contributed by atoms with Crippen molar-refractivity contribution in [1.82, 2.24) is 19.7 Å². The van der Waals surface area contributed by atoms with E-state index in [1.165, 1.54) is 10.8 Å². The van der Waals surface area contributed by atoms with E-state index in [-0.39, 0.29) is 18.8 Å². The molecular weight excluding hydrogens is 353 g/mol. The average molecular weight is 367 g/mol. The number of hydrazine groups is 1. The van der Waals surface area contributed by atoms with Crippen LogP contribution < -0.4 is 10.0 Å². The number of hydrogen-bond donors (Lipinski definition) is 0. The Hall–Kier alpha value is -3.27. The molecular formula is C17H14FN7O2. The van der Waals surface area contributed by atoms with Gasteiger partial charge < -0.3 is 9.26 Å². The lowest BCUT2D eigenvalue weighted by atomic mass is 10.1. The van der Waals surface area contributed by atoms with Crippen LogP contribution in [0, 0.1) is 6.08 Å². The Labute approximate surface area is 152 Å². The fourth-order valence-corrected chi connectivity index (χ4v) is 3.75. The lowest BCUT2D eigenvalue weighted by molar-refractivity contribution is 0.103. The van der Waals surface area contributed by atoms with Gasteiger partial charge in [0.1, 0.15) is 12.8 Å². The maximum Gasteiger partial charge on any atom is 0.345 e. The number of hydrogen-bond acceptors (Lipinski definition) is 8. The zero-order chi connectivity index (χ0) is 18.0. The number of halogens is 1. The Morgan fingerprint density at radius 1 is 1.22 bits per heavy atom. The summed E-state index contributed by atoms with van der Waals surface area (Å²) in [6.07, 6.45) is 2.59. The first-order chi connectivity index (χ1) is 13.3. The van der Waals surface area contributed by atoms with Gasteiger partial charge in [-0.1, -0.05) is 17.3 Å². The zero-order valence-electron chi connectivity index (χ0n) is 14.1. The van der Waals surface area contributed by atoms with Crippen LogP contribution >= 0.6 is 0 Å². The van der Waals surface area contributed by atoms with E-state index in [4.69, 9.17) is 9.26 Å². The Kier molecular flexibility index (Phi) is 2.95. The van der Waals surface area contributed by atoms with Crippen molar-refractivity contribution in [2.45, 2.75) is 18.9 Å². The van der Waals surface area contributed by atoms with Crippen molar-refractivity contribution in [1.29, 1.82) is 0 Å². The van der Waals surface area contributed by atoms with Crippen LogP contribution in [0.4, 0.5) is 16.2 Å². The lowest BCUT2D eigenvalue weighted by Gasteiger charge is -2.32. The van der Waals surface area contributed by atoms with Gasteiger partial charge in [-0.2, -0.15) is 9.37 Å². The monoisotopic (exact) mass is 367 g/mol. The summed E-state index contributed by atoms with van der Waals surface area (Å²) in [7, 11) is 0. The summed E-state index contributed by atoms with van der Waals surface area (Å²) in [5, 5.41) is 7.53. The summed E-state index contributed by atoms with van der Waals surface area (Å²) in [4.78, 5) is 12.9. The number of imidazole rings is 1. The Bertz CT molecular complexity index is 1070. The first-order valence-electron chi connectivity index (χ1n) is 8.71. The standard InChI is InChI=1S/C17H14FN7O2/c18-16-19-8-13-24(16)11-5-2-1-4-10(11)15-20-9-23(25(13)15)17-21-14(22-27-17)12-6-3-7-26-12/h1-2,4-5,8,12H,3,6-7,9H2. The summed E-state index contributed by atoms with van der Waals surface area (Å²) in [6.45, 7) is 0.983. The minimum Gasteiger partial charge on any atom is -0.370 e. The molecule has 0 radical (unpaired) electrons.